The number of benzene rings is 1. The Morgan fingerprint density at radius 2 is 1.91 bits per heavy atom. The van der Waals surface area contributed by atoms with Crippen LogP contribution in [-0.4, -0.2) is 31.7 Å². The van der Waals surface area contributed by atoms with Gasteiger partial charge in [-0.2, -0.15) is 0 Å². The van der Waals surface area contributed by atoms with Crippen molar-refractivity contribution in [3.05, 3.63) is 106 Å². The lowest BCUT2D eigenvalue weighted by Crippen LogP contribution is -2.31. The van der Waals surface area contributed by atoms with Gasteiger partial charge in [-0.25, -0.2) is 4.98 Å². The topological polar surface area (TPSA) is 96.5 Å². The van der Waals surface area contributed by atoms with Crippen LogP contribution in [0.3, 0.4) is 0 Å². The Balaban J connectivity index is 1.57. The van der Waals surface area contributed by atoms with Gasteiger partial charge in [0.15, 0.2) is 5.76 Å². The number of nitrogens with zero attached hydrogens (tertiary/aromatic N) is 3. The molecule has 0 fully saturated rings. The smallest absolute Gasteiger partial charge is 0.290 e. The molecule has 4 heterocycles. The first-order chi connectivity index (χ1) is 16.0. The number of Topliss-reactive ketones (excluding diaryl/α,β-unsaturated/α-hetero) is 1. The van der Waals surface area contributed by atoms with Gasteiger partial charge in [-0.3, -0.25) is 14.6 Å². The van der Waals surface area contributed by atoms with Gasteiger partial charge in [0.1, 0.15) is 16.8 Å². The minimum absolute atomic E-state index is 0.00313. The number of ketones is 1. The van der Waals surface area contributed by atoms with E-state index in [1.54, 1.807) is 43.5 Å². The van der Waals surface area contributed by atoms with Crippen LogP contribution >= 0.6 is 11.3 Å². The Kier molecular flexibility index (Phi) is 5.35. The summed E-state index contributed by atoms with van der Waals surface area (Å²) in [5, 5.41) is 11.5. The van der Waals surface area contributed by atoms with Gasteiger partial charge >= 0.3 is 0 Å². The van der Waals surface area contributed by atoms with E-state index in [1.165, 1.54) is 22.5 Å². The van der Waals surface area contributed by atoms with Crippen LogP contribution in [-0.2, 0) is 11.3 Å². The first-order valence-corrected chi connectivity index (χ1v) is 11.1. The highest BCUT2D eigenvalue weighted by Crippen LogP contribution is 2.41. The van der Waals surface area contributed by atoms with Gasteiger partial charge in [-0.05, 0) is 31.2 Å². The molecule has 0 spiro atoms. The van der Waals surface area contributed by atoms with Crippen molar-refractivity contribution in [2.24, 2.45) is 0 Å². The van der Waals surface area contributed by atoms with Crippen LogP contribution in [0.1, 0.15) is 32.9 Å². The van der Waals surface area contributed by atoms with Crippen molar-refractivity contribution in [2.75, 3.05) is 0 Å². The lowest BCUT2D eigenvalue weighted by Gasteiger charge is -2.25. The molecule has 0 radical (unpaired) electrons. The Morgan fingerprint density at radius 3 is 2.61 bits per heavy atom. The van der Waals surface area contributed by atoms with Gasteiger partial charge in [0.05, 0.1) is 34.6 Å². The highest BCUT2D eigenvalue weighted by molar-refractivity contribution is 7.17. The molecule has 1 unspecified atom stereocenters. The average Bonchev–Trinajstić information content (AvgIpc) is 3.55. The Morgan fingerprint density at radius 1 is 1.12 bits per heavy atom. The van der Waals surface area contributed by atoms with E-state index < -0.39 is 23.5 Å². The summed E-state index contributed by atoms with van der Waals surface area (Å²) in [6.45, 7) is 1.84. The second kappa shape index (κ2) is 8.48. The van der Waals surface area contributed by atoms with Crippen molar-refractivity contribution in [3.8, 4) is 10.6 Å². The number of amides is 1. The van der Waals surface area contributed by atoms with E-state index in [4.69, 9.17) is 4.42 Å². The number of furan rings is 1. The van der Waals surface area contributed by atoms with Gasteiger partial charge in [0.2, 0.25) is 5.78 Å². The Hall–Kier alpha value is -4.04. The molecule has 1 aromatic carbocycles. The third-order valence-corrected chi connectivity index (χ3v) is 6.65. The molecular weight excluding hydrogens is 438 g/mol. The maximum Gasteiger partial charge on any atom is 0.290 e. The zero-order chi connectivity index (χ0) is 22.9. The summed E-state index contributed by atoms with van der Waals surface area (Å²) in [6.07, 6.45) is 3.10. The summed E-state index contributed by atoms with van der Waals surface area (Å²) in [4.78, 5) is 37.5. The number of rotatable bonds is 6. The molecule has 0 aliphatic carbocycles. The zero-order valence-electron chi connectivity index (χ0n) is 17.6. The van der Waals surface area contributed by atoms with E-state index in [0.29, 0.717) is 27.0 Å². The minimum Gasteiger partial charge on any atom is -0.503 e. The number of hydrogen-bond acceptors (Lipinski definition) is 7. The fourth-order valence-electron chi connectivity index (χ4n) is 3.90. The molecule has 1 N–H and O–H groups in total. The van der Waals surface area contributed by atoms with Crippen LogP contribution < -0.4 is 0 Å². The van der Waals surface area contributed by atoms with Crippen LogP contribution in [0.25, 0.3) is 10.6 Å². The predicted molar refractivity (Wildman–Crippen MR) is 123 cm³/mol. The molecule has 4 aromatic rings. The third kappa shape index (κ3) is 3.74. The lowest BCUT2D eigenvalue weighted by atomic mass is 9.98. The second-order valence-corrected chi connectivity index (χ2v) is 8.56. The van der Waals surface area contributed by atoms with Gasteiger partial charge < -0.3 is 14.4 Å². The molecule has 0 saturated heterocycles. The minimum atomic E-state index is -0.849. The number of carbonyl (C=O) groups excluding carboxylic acids is 2. The molecule has 0 bridgehead atoms. The molecule has 1 atom stereocenters. The molecule has 0 saturated carbocycles. The van der Waals surface area contributed by atoms with Gasteiger partial charge in [-0.1, -0.05) is 36.4 Å². The number of aliphatic hydroxyl groups excluding tert-OH is 1. The zero-order valence-corrected chi connectivity index (χ0v) is 18.5. The summed E-state index contributed by atoms with van der Waals surface area (Å²) in [5.74, 6) is -1.12. The van der Waals surface area contributed by atoms with Crippen molar-refractivity contribution in [1.29, 1.82) is 0 Å². The third-order valence-electron chi connectivity index (χ3n) is 5.45. The monoisotopic (exact) mass is 457 g/mol. The van der Waals surface area contributed by atoms with Crippen molar-refractivity contribution >= 4 is 23.0 Å². The predicted octanol–water partition coefficient (Wildman–Crippen LogP) is 4.89. The highest BCUT2D eigenvalue weighted by Gasteiger charge is 2.45. The number of hydrogen-bond donors (Lipinski definition) is 1. The van der Waals surface area contributed by atoms with Crippen molar-refractivity contribution in [1.82, 2.24) is 14.9 Å². The molecule has 1 amide bonds. The van der Waals surface area contributed by atoms with E-state index in [9.17, 15) is 14.7 Å². The quantitative estimate of drug-likeness (QED) is 0.414. The maximum atomic E-state index is 13.7. The lowest BCUT2D eigenvalue weighted by molar-refractivity contribution is -0.130. The van der Waals surface area contributed by atoms with Crippen LogP contribution in [0.15, 0.2) is 88.9 Å². The summed E-state index contributed by atoms with van der Waals surface area (Å²) >= 11 is 1.24. The number of pyridine rings is 1. The molecule has 7 nitrogen and oxygen atoms in total. The molecule has 1 aliphatic rings. The number of thiazole rings is 1. The van der Waals surface area contributed by atoms with Gasteiger partial charge in [0, 0.05) is 11.8 Å². The standard InChI is InChI=1S/C25H19N3O4S/c1-15-23(33-24(27-15)16-8-3-2-4-9-16)21(29)19-20(18-11-5-6-12-26-18)28(25(31)22(19)30)14-17-10-7-13-32-17/h2-13,20,30H,14H2,1H3. The Labute approximate surface area is 193 Å². The summed E-state index contributed by atoms with van der Waals surface area (Å²) < 4.78 is 5.41. The second-order valence-electron chi connectivity index (χ2n) is 7.56. The van der Waals surface area contributed by atoms with Crippen molar-refractivity contribution < 1.29 is 19.1 Å². The van der Waals surface area contributed by atoms with E-state index in [2.05, 4.69) is 9.97 Å². The molecule has 8 heteroatoms. The van der Waals surface area contributed by atoms with Crippen LogP contribution in [0.2, 0.25) is 0 Å². The van der Waals surface area contributed by atoms with Gasteiger partial charge in [-0.15, -0.1) is 11.3 Å². The Bertz CT molecular complexity index is 1350. The maximum absolute atomic E-state index is 13.7. The first kappa shape index (κ1) is 20.8. The van der Waals surface area contributed by atoms with Gasteiger partial charge in [0.25, 0.3) is 5.91 Å². The molecule has 3 aromatic heterocycles. The number of carbonyl (C=O) groups is 2. The summed E-state index contributed by atoms with van der Waals surface area (Å²) in [5.41, 5.74) is 1.92. The SMILES string of the molecule is Cc1nc(-c2ccccc2)sc1C(=O)C1=C(O)C(=O)N(Cc2ccco2)C1c1ccccn1. The molecule has 5 rings (SSSR count). The van der Waals surface area contributed by atoms with E-state index >= 15 is 0 Å². The fraction of sp³-hybridized carbons (Fsp3) is 0.120. The largest absolute Gasteiger partial charge is 0.503 e. The molecular formula is C25H19N3O4S. The van der Waals surface area contributed by atoms with E-state index in [0.717, 1.165) is 5.56 Å². The number of aliphatic hydroxyl groups is 1. The average molecular weight is 458 g/mol. The fourth-order valence-corrected chi connectivity index (χ4v) is 4.92. The first-order valence-electron chi connectivity index (χ1n) is 10.3. The van der Waals surface area contributed by atoms with E-state index in [-0.39, 0.29) is 12.1 Å². The molecule has 1 aliphatic heterocycles. The van der Waals surface area contributed by atoms with E-state index in [1.807, 2.05) is 30.3 Å². The summed E-state index contributed by atoms with van der Waals surface area (Å²) in [7, 11) is 0. The van der Waals surface area contributed by atoms with Crippen LogP contribution in [0.4, 0.5) is 0 Å². The van der Waals surface area contributed by atoms with Crippen LogP contribution in [0, 0.1) is 6.92 Å². The number of aryl methyl sites for hydroxylation is 1. The van der Waals surface area contributed by atoms with Crippen LogP contribution in [0.5, 0.6) is 0 Å². The van der Waals surface area contributed by atoms with Crippen molar-refractivity contribution in [3.63, 3.8) is 0 Å². The molecule has 164 valence electrons. The normalized spacial score (nSPS) is 16.0. The number of aromatic nitrogens is 2. The highest BCUT2D eigenvalue weighted by atomic mass is 32.1. The summed E-state index contributed by atoms with van der Waals surface area (Å²) in [6, 6.07) is 17.4. The molecule has 33 heavy (non-hydrogen) atoms. The van der Waals surface area contributed by atoms with Crippen molar-refractivity contribution in [2.45, 2.75) is 19.5 Å².